The Morgan fingerprint density at radius 3 is 2.67 bits per heavy atom. The van der Waals surface area contributed by atoms with E-state index in [1.165, 1.54) is 0 Å². The van der Waals surface area contributed by atoms with Crippen LogP contribution in [0, 0.1) is 11.3 Å². The van der Waals surface area contributed by atoms with Gasteiger partial charge >= 0.3 is 0 Å². The number of hydrogen-bond donors (Lipinski definition) is 1. The van der Waals surface area contributed by atoms with E-state index in [-0.39, 0.29) is 0 Å². The van der Waals surface area contributed by atoms with Gasteiger partial charge in [0.1, 0.15) is 0 Å². The summed E-state index contributed by atoms with van der Waals surface area (Å²) >= 11 is 0. The van der Waals surface area contributed by atoms with Crippen molar-refractivity contribution in [2.24, 2.45) is 0 Å². The maximum absolute atomic E-state index is 9.61. The molecular weight excluding hydrogens is 224 g/mol. The molecule has 4 heteroatoms. The molecule has 92 valence electrons. The zero-order valence-electron chi connectivity index (χ0n) is 10.4. The second-order valence-corrected chi connectivity index (χ2v) is 4.12. The standard InChI is InChI=1S/C14H16N4/c1-2-16-14(11-15,12-18-10-6-9-17-18)13-7-4-3-5-8-13/h3-10,16H,2,12H2,1H3. The molecule has 1 atom stereocenters. The van der Waals surface area contributed by atoms with E-state index in [1.54, 1.807) is 10.9 Å². The minimum atomic E-state index is -0.734. The fraction of sp³-hybridized carbons (Fsp3) is 0.286. The molecule has 0 aliphatic rings. The van der Waals surface area contributed by atoms with Gasteiger partial charge in [0.25, 0.3) is 0 Å². The molecule has 0 radical (unpaired) electrons. The molecule has 1 aromatic heterocycles. The van der Waals surface area contributed by atoms with E-state index in [2.05, 4.69) is 16.5 Å². The summed E-state index contributed by atoms with van der Waals surface area (Å²) < 4.78 is 1.78. The molecule has 0 aliphatic carbocycles. The van der Waals surface area contributed by atoms with E-state index in [0.717, 1.165) is 12.1 Å². The Kier molecular flexibility index (Phi) is 3.75. The zero-order valence-corrected chi connectivity index (χ0v) is 10.4. The third-order valence-electron chi connectivity index (χ3n) is 2.89. The van der Waals surface area contributed by atoms with Crippen LogP contribution in [0.25, 0.3) is 0 Å². The lowest BCUT2D eigenvalue weighted by molar-refractivity contribution is 0.359. The summed E-state index contributed by atoms with van der Waals surface area (Å²) in [6.45, 7) is 3.22. The molecule has 0 bridgehead atoms. The van der Waals surface area contributed by atoms with Crippen LogP contribution in [0.3, 0.4) is 0 Å². The van der Waals surface area contributed by atoms with Gasteiger partial charge in [-0.3, -0.25) is 10.00 Å². The number of benzene rings is 1. The third-order valence-corrected chi connectivity index (χ3v) is 2.89. The molecule has 1 aromatic carbocycles. The van der Waals surface area contributed by atoms with Crippen molar-refractivity contribution in [1.82, 2.24) is 15.1 Å². The largest absolute Gasteiger partial charge is 0.294 e. The monoisotopic (exact) mass is 240 g/mol. The Bertz CT molecular complexity index is 512. The molecular formula is C14H16N4. The zero-order chi connectivity index (χ0) is 12.8. The SMILES string of the molecule is CCNC(C#N)(Cn1cccn1)c1ccccc1. The third kappa shape index (κ3) is 2.41. The summed E-state index contributed by atoms with van der Waals surface area (Å²) in [5.41, 5.74) is 0.229. The number of rotatable bonds is 5. The Morgan fingerprint density at radius 1 is 1.33 bits per heavy atom. The van der Waals surface area contributed by atoms with Crippen molar-refractivity contribution in [3.63, 3.8) is 0 Å². The number of aromatic nitrogens is 2. The fourth-order valence-corrected chi connectivity index (χ4v) is 2.05. The van der Waals surface area contributed by atoms with Gasteiger partial charge in [-0.15, -0.1) is 0 Å². The highest BCUT2D eigenvalue weighted by atomic mass is 15.3. The number of hydrogen-bond acceptors (Lipinski definition) is 3. The maximum atomic E-state index is 9.61. The Balaban J connectivity index is 2.37. The number of likely N-dealkylation sites (N-methyl/N-ethyl adjacent to an activating group) is 1. The lowest BCUT2D eigenvalue weighted by atomic mass is 9.91. The summed E-state index contributed by atoms with van der Waals surface area (Å²) in [5, 5.41) is 17.1. The maximum Gasteiger partial charge on any atom is 0.152 e. The molecule has 0 spiro atoms. The van der Waals surface area contributed by atoms with E-state index < -0.39 is 5.54 Å². The Morgan fingerprint density at radius 2 is 2.11 bits per heavy atom. The summed E-state index contributed by atoms with van der Waals surface area (Å²) in [4.78, 5) is 0. The molecule has 0 fully saturated rings. The molecule has 0 aliphatic heterocycles. The lowest BCUT2D eigenvalue weighted by Gasteiger charge is -2.28. The lowest BCUT2D eigenvalue weighted by Crippen LogP contribution is -2.44. The van der Waals surface area contributed by atoms with Crippen molar-refractivity contribution >= 4 is 0 Å². The average molecular weight is 240 g/mol. The predicted octanol–water partition coefficient (Wildman–Crippen LogP) is 1.91. The summed E-state index contributed by atoms with van der Waals surface area (Å²) in [7, 11) is 0. The smallest absolute Gasteiger partial charge is 0.152 e. The Hall–Kier alpha value is -2.12. The highest BCUT2D eigenvalue weighted by molar-refractivity contribution is 5.31. The highest BCUT2D eigenvalue weighted by Crippen LogP contribution is 2.22. The first-order valence-corrected chi connectivity index (χ1v) is 6.00. The van der Waals surface area contributed by atoms with E-state index in [1.807, 2.05) is 49.5 Å². The summed E-state index contributed by atoms with van der Waals surface area (Å²) in [6.07, 6.45) is 3.59. The van der Waals surface area contributed by atoms with E-state index in [0.29, 0.717) is 6.54 Å². The van der Waals surface area contributed by atoms with Crippen LogP contribution in [0.1, 0.15) is 12.5 Å². The molecule has 0 saturated heterocycles. The van der Waals surface area contributed by atoms with Crippen LogP contribution >= 0.6 is 0 Å². The Labute approximate surface area is 107 Å². The van der Waals surface area contributed by atoms with Gasteiger partial charge in [-0.05, 0) is 18.2 Å². The first kappa shape index (κ1) is 12.3. The summed E-state index contributed by atoms with van der Waals surface area (Å²) in [5.74, 6) is 0. The minimum absolute atomic E-state index is 0.494. The number of nitrogens with zero attached hydrogens (tertiary/aromatic N) is 3. The van der Waals surface area contributed by atoms with Crippen LogP contribution in [0.4, 0.5) is 0 Å². The number of nitriles is 1. The molecule has 1 heterocycles. The molecule has 0 saturated carbocycles. The van der Waals surface area contributed by atoms with Gasteiger partial charge in [-0.25, -0.2) is 0 Å². The van der Waals surface area contributed by atoms with Crippen molar-refractivity contribution in [1.29, 1.82) is 5.26 Å². The van der Waals surface area contributed by atoms with Crippen molar-refractivity contribution in [3.8, 4) is 6.07 Å². The molecule has 18 heavy (non-hydrogen) atoms. The topological polar surface area (TPSA) is 53.6 Å². The first-order valence-electron chi connectivity index (χ1n) is 6.00. The molecule has 4 nitrogen and oxygen atoms in total. The molecule has 1 N–H and O–H groups in total. The van der Waals surface area contributed by atoms with Crippen LogP contribution in [0.2, 0.25) is 0 Å². The molecule has 2 aromatic rings. The second-order valence-electron chi connectivity index (χ2n) is 4.12. The van der Waals surface area contributed by atoms with Gasteiger partial charge < -0.3 is 0 Å². The van der Waals surface area contributed by atoms with Crippen LogP contribution in [-0.2, 0) is 12.1 Å². The van der Waals surface area contributed by atoms with Crippen molar-refractivity contribution in [3.05, 3.63) is 54.4 Å². The minimum Gasteiger partial charge on any atom is -0.294 e. The van der Waals surface area contributed by atoms with Crippen molar-refractivity contribution in [2.75, 3.05) is 6.54 Å². The molecule has 1 unspecified atom stereocenters. The first-order chi connectivity index (χ1) is 8.80. The molecule has 0 amide bonds. The molecule has 2 rings (SSSR count). The van der Waals surface area contributed by atoms with Gasteiger partial charge in [-0.2, -0.15) is 10.4 Å². The van der Waals surface area contributed by atoms with Crippen molar-refractivity contribution < 1.29 is 0 Å². The van der Waals surface area contributed by atoms with Crippen molar-refractivity contribution in [2.45, 2.75) is 19.0 Å². The van der Waals surface area contributed by atoms with Crippen LogP contribution in [0.15, 0.2) is 48.8 Å². The predicted molar refractivity (Wildman–Crippen MR) is 69.6 cm³/mol. The van der Waals surface area contributed by atoms with E-state index in [9.17, 15) is 5.26 Å². The van der Waals surface area contributed by atoms with Gasteiger partial charge in [-0.1, -0.05) is 37.3 Å². The van der Waals surface area contributed by atoms with Gasteiger partial charge in [0.2, 0.25) is 0 Å². The van der Waals surface area contributed by atoms with Gasteiger partial charge in [0.05, 0.1) is 12.6 Å². The van der Waals surface area contributed by atoms with E-state index in [4.69, 9.17) is 0 Å². The van der Waals surface area contributed by atoms with Crippen LogP contribution < -0.4 is 5.32 Å². The fourth-order valence-electron chi connectivity index (χ4n) is 2.05. The van der Waals surface area contributed by atoms with Gasteiger partial charge in [0, 0.05) is 12.4 Å². The second kappa shape index (κ2) is 5.48. The van der Waals surface area contributed by atoms with E-state index >= 15 is 0 Å². The summed E-state index contributed by atoms with van der Waals surface area (Å²) in [6, 6.07) is 14.0. The van der Waals surface area contributed by atoms with Gasteiger partial charge in [0.15, 0.2) is 5.54 Å². The number of nitrogens with one attached hydrogen (secondary N) is 1. The quantitative estimate of drug-likeness (QED) is 0.868. The van der Waals surface area contributed by atoms with Crippen LogP contribution in [0.5, 0.6) is 0 Å². The average Bonchev–Trinajstić information content (AvgIpc) is 2.92. The highest BCUT2D eigenvalue weighted by Gasteiger charge is 2.31. The van der Waals surface area contributed by atoms with Crippen LogP contribution in [-0.4, -0.2) is 16.3 Å². The normalized spacial score (nSPS) is 13.8.